The van der Waals surface area contributed by atoms with Crippen LogP contribution in [-0.4, -0.2) is 33.7 Å². The zero-order chi connectivity index (χ0) is 18.6. The van der Waals surface area contributed by atoms with Gasteiger partial charge in [-0.1, -0.05) is 40.5 Å². The fourth-order valence-electron chi connectivity index (χ4n) is 2.08. The Kier molecular flexibility index (Phi) is 10.6. The van der Waals surface area contributed by atoms with Crippen molar-refractivity contribution in [1.29, 1.82) is 0 Å². The highest BCUT2D eigenvalue weighted by Gasteiger charge is 2.29. The first kappa shape index (κ1) is 22.6. The third-order valence-electron chi connectivity index (χ3n) is 3.88. The number of esters is 2. The summed E-state index contributed by atoms with van der Waals surface area (Å²) in [6.45, 7) is 7.38. The number of rotatable bonds is 12. The largest absolute Gasteiger partial charge is 0.430 e. The highest BCUT2D eigenvalue weighted by Crippen LogP contribution is 2.21. The van der Waals surface area contributed by atoms with E-state index in [1.54, 1.807) is 13.8 Å². The van der Waals surface area contributed by atoms with Gasteiger partial charge >= 0.3 is 11.9 Å². The quantitative estimate of drug-likeness (QED) is 0.321. The summed E-state index contributed by atoms with van der Waals surface area (Å²) in [6, 6.07) is 0. The van der Waals surface area contributed by atoms with Gasteiger partial charge in [-0.15, -0.1) is 0 Å². The molecule has 0 saturated carbocycles. The lowest BCUT2D eigenvalue weighted by molar-refractivity contribution is -0.211. The fourth-order valence-corrected chi connectivity index (χ4v) is 2.08. The molecule has 0 aromatic heterocycles. The number of ether oxygens (including phenoxy) is 2. The molecule has 24 heavy (non-hydrogen) atoms. The second kappa shape index (κ2) is 11.2. The second-order valence-corrected chi connectivity index (χ2v) is 5.98. The van der Waals surface area contributed by atoms with Crippen molar-refractivity contribution in [2.24, 2.45) is 0 Å². The SMILES string of the molecule is CCCCC(O)(CC)OC(=O)/C=C\C(=O)OC(O)(CC)CCCC. The van der Waals surface area contributed by atoms with Crippen LogP contribution in [0.2, 0.25) is 0 Å². The van der Waals surface area contributed by atoms with Gasteiger partial charge in [0.15, 0.2) is 0 Å². The van der Waals surface area contributed by atoms with E-state index in [2.05, 4.69) is 0 Å². The van der Waals surface area contributed by atoms with Crippen molar-refractivity contribution in [3.63, 3.8) is 0 Å². The molecule has 0 spiro atoms. The maximum Gasteiger partial charge on any atom is 0.333 e. The molecule has 0 fully saturated rings. The molecule has 0 rings (SSSR count). The molecular weight excluding hydrogens is 312 g/mol. The average molecular weight is 344 g/mol. The highest BCUT2D eigenvalue weighted by molar-refractivity contribution is 5.91. The van der Waals surface area contributed by atoms with Gasteiger partial charge in [0.2, 0.25) is 11.6 Å². The normalized spacial score (nSPS) is 16.4. The van der Waals surface area contributed by atoms with Crippen molar-refractivity contribution in [2.45, 2.75) is 90.6 Å². The lowest BCUT2D eigenvalue weighted by Gasteiger charge is -2.26. The number of carbonyl (C=O) groups is 2. The monoisotopic (exact) mass is 344 g/mol. The first-order valence-electron chi connectivity index (χ1n) is 8.83. The van der Waals surface area contributed by atoms with E-state index < -0.39 is 23.5 Å². The summed E-state index contributed by atoms with van der Waals surface area (Å²) < 4.78 is 10.0. The predicted molar refractivity (Wildman–Crippen MR) is 90.9 cm³/mol. The molecule has 0 amide bonds. The van der Waals surface area contributed by atoms with Crippen molar-refractivity contribution in [2.75, 3.05) is 0 Å². The van der Waals surface area contributed by atoms with Crippen LogP contribution in [0.1, 0.15) is 79.1 Å². The van der Waals surface area contributed by atoms with Crippen LogP contribution >= 0.6 is 0 Å². The summed E-state index contributed by atoms with van der Waals surface area (Å²) in [4.78, 5) is 23.5. The van der Waals surface area contributed by atoms with Gasteiger partial charge in [0.25, 0.3) is 0 Å². The van der Waals surface area contributed by atoms with Crippen molar-refractivity contribution in [3.05, 3.63) is 12.2 Å². The summed E-state index contributed by atoms with van der Waals surface area (Å²) in [6.07, 6.45) is 6.23. The van der Waals surface area contributed by atoms with E-state index in [9.17, 15) is 19.8 Å². The van der Waals surface area contributed by atoms with E-state index >= 15 is 0 Å². The van der Waals surface area contributed by atoms with Gasteiger partial charge in [0, 0.05) is 37.8 Å². The molecule has 6 nitrogen and oxygen atoms in total. The molecule has 2 atom stereocenters. The minimum absolute atomic E-state index is 0.267. The molecule has 0 aromatic carbocycles. The Morgan fingerprint density at radius 2 is 1.12 bits per heavy atom. The first-order chi connectivity index (χ1) is 11.2. The first-order valence-corrected chi connectivity index (χ1v) is 8.83. The van der Waals surface area contributed by atoms with Crippen molar-refractivity contribution >= 4 is 11.9 Å². The minimum Gasteiger partial charge on any atom is -0.430 e. The number of hydrogen-bond acceptors (Lipinski definition) is 6. The van der Waals surface area contributed by atoms with Crippen molar-refractivity contribution in [3.8, 4) is 0 Å². The molecule has 0 aromatic rings. The van der Waals surface area contributed by atoms with E-state index in [0.29, 0.717) is 12.8 Å². The van der Waals surface area contributed by atoms with E-state index in [-0.39, 0.29) is 12.8 Å². The molecule has 0 radical (unpaired) electrons. The minimum atomic E-state index is -1.52. The summed E-state index contributed by atoms with van der Waals surface area (Å²) in [7, 11) is 0. The summed E-state index contributed by atoms with van der Waals surface area (Å²) in [5, 5.41) is 20.4. The Bertz CT molecular complexity index is 382. The molecule has 140 valence electrons. The van der Waals surface area contributed by atoms with E-state index in [1.807, 2.05) is 13.8 Å². The molecule has 2 unspecified atom stereocenters. The van der Waals surface area contributed by atoms with Gasteiger partial charge in [-0.05, 0) is 12.8 Å². The standard InChI is InChI=1S/C18H32O6/c1-5-9-13-17(21,7-3)23-15(19)11-12-16(20)24-18(22,8-4)14-10-6-2/h11-12,21-22H,5-10,13-14H2,1-4H3/b12-11-. The zero-order valence-electron chi connectivity index (χ0n) is 15.3. The Morgan fingerprint density at radius 1 is 0.792 bits per heavy atom. The lowest BCUT2D eigenvalue weighted by Crippen LogP contribution is -2.34. The number of carbonyl (C=O) groups excluding carboxylic acids is 2. The van der Waals surface area contributed by atoms with Crippen LogP contribution in [-0.2, 0) is 19.1 Å². The smallest absolute Gasteiger partial charge is 0.333 e. The lowest BCUT2D eigenvalue weighted by atomic mass is 10.1. The van der Waals surface area contributed by atoms with Gasteiger partial charge in [-0.2, -0.15) is 0 Å². The molecule has 0 aliphatic rings. The molecule has 0 aliphatic carbocycles. The molecule has 6 heteroatoms. The molecule has 0 saturated heterocycles. The maximum absolute atomic E-state index is 11.8. The van der Waals surface area contributed by atoms with Gasteiger partial charge in [-0.3, -0.25) is 0 Å². The molecule has 0 bridgehead atoms. The molecular formula is C18H32O6. The van der Waals surface area contributed by atoms with Gasteiger partial charge in [0.1, 0.15) is 0 Å². The second-order valence-electron chi connectivity index (χ2n) is 5.98. The maximum atomic E-state index is 11.8. The van der Waals surface area contributed by atoms with Gasteiger partial charge < -0.3 is 19.7 Å². The van der Waals surface area contributed by atoms with Crippen LogP contribution in [0.5, 0.6) is 0 Å². The molecule has 0 aliphatic heterocycles. The van der Waals surface area contributed by atoms with Crippen molar-refractivity contribution < 1.29 is 29.3 Å². The zero-order valence-corrected chi connectivity index (χ0v) is 15.3. The Balaban J connectivity index is 4.59. The van der Waals surface area contributed by atoms with Crippen LogP contribution in [0.3, 0.4) is 0 Å². The summed E-state index contributed by atoms with van der Waals surface area (Å²) >= 11 is 0. The fraction of sp³-hybridized carbons (Fsp3) is 0.778. The third kappa shape index (κ3) is 9.03. The van der Waals surface area contributed by atoms with Crippen LogP contribution < -0.4 is 0 Å². The predicted octanol–water partition coefficient (Wildman–Crippen LogP) is 3.21. The van der Waals surface area contributed by atoms with Crippen molar-refractivity contribution in [1.82, 2.24) is 0 Å². The molecule has 2 N–H and O–H groups in total. The highest BCUT2D eigenvalue weighted by atomic mass is 16.7. The third-order valence-corrected chi connectivity index (χ3v) is 3.88. The Labute approximate surface area is 144 Å². The van der Waals surface area contributed by atoms with Crippen LogP contribution in [0.15, 0.2) is 12.2 Å². The number of hydrogen-bond donors (Lipinski definition) is 2. The van der Waals surface area contributed by atoms with Crippen LogP contribution in [0, 0.1) is 0 Å². The van der Waals surface area contributed by atoms with E-state index in [0.717, 1.165) is 37.8 Å². The van der Waals surface area contributed by atoms with E-state index in [1.165, 1.54) is 0 Å². The van der Waals surface area contributed by atoms with Crippen LogP contribution in [0.25, 0.3) is 0 Å². The topological polar surface area (TPSA) is 93.1 Å². The summed E-state index contributed by atoms with van der Waals surface area (Å²) in [5.74, 6) is -4.68. The number of aliphatic hydroxyl groups is 2. The Hall–Kier alpha value is -1.40. The van der Waals surface area contributed by atoms with Crippen LogP contribution in [0.4, 0.5) is 0 Å². The number of unbranched alkanes of at least 4 members (excludes halogenated alkanes) is 2. The van der Waals surface area contributed by atoms with E-state index in [4.69, 9.17) is 9.47 Å². The average Bonchev–Trinajstić information content (AvgIpc) is 2.56. The van der Waals surface area contributed by atoms with Gasteiger partial charge in [0.05, 0.1) is 0 Å². The van der Waals surface area contributed by atoms with Gasteiger partial charge in [-0.25, -0.2) is 9.59 Å². The Morgan fingerprint density at radius 3 is 1.38 bits per heavy atom. The molecule has 0 heterocycles. The summed E-state index contributed by atoms with van der Waals surface area (Å²) in [5.41, 5.74) is 0.